The fourth-order valence-electron chi connectivity index (χ4n) is 3.06. The first-order valence-electron chi connectivity index (χ1n) is 10.2. The molecule has 0 aliphatic rings. The molecule has 0 saturated heterocycles. The number of nitrogens with one attached hydrogen (secondary N) is 1. The van der Waals surface area contributed by atoms with Gasteiger partial charge in [-0.15, -0.1) is 21.5 Å². The SMILES string of the molecule is COc1ccc(OC(C)c2nnc(SC(C)C(=O)Nc3nccs3)n2-c2ccccc2)cc1. The number of methoxy groups -OCH3 is 1. The topological polar surface area (TPSA) is 91.2 Å². The van der Waals surface area contributed by atoms with Crippen molar-refractivity contribution in [2.75, 3.05) is 12.4 Å². The van der Waals surface area contributed by atoms with Crippen LogP contribution in [0.1, 0.15) is 25.8 Å². The van der Waals surface area contributed by atoms with Crippen LogP contribution in [0.15, 0.2) is 71.3 Å². The Bertz CT molecular complexity index is 1180. The average Bonchev–Trinajstić information content (AvgIpc) is 3.50. The highest BCUT2D eigenvalue weighted by molar-refractivity contribution is 8.00. The summed E-state index contributed by atoms with van der Waals surface area (Å²) >= 11 is 2.70. The summed E-state index contributed by atoms with van der Waals surface area (Å²) in [6.07, 6.45) is 1.26. The Balaban J connectivity index is 1.58. The second kappa shape index (κ2) is 10.5. The summed E-state index contributed by atoms with van der Waals surface area (Å²) < 4.78 is 13.3. The Morgan fingerprint density at radius 3 is 2.45 bits per heavy atom. The van der Waals surface area contributed by atoms with Crippen molar-refractivity contribution in [1.29, 1.82) is 0 Å². The van der Waals surface area contributed by atoms with Crippen LogP contribution in [-0.4, -0.2) is 38.0 Å². The number of aromatic nitrogens is 4. The molecule has 2 aromatic carbocycles. The van der Waals surface area contributed by atoms with E-state index in [1.54, 1.807) is 13.3 Å². The van der Waals surface area contributed by atoms with Gasteiger partial charge in [0.1, 0.15) is 11.5 Å². The van der Waals surface area contributed by atoms with E-state index in [1.807, 2.05) is 78.4 Å². The molecule has 0 radical (unpaired) electrons. The molecule has 0 aliphatic carbocycles. The summed E-state index contributed by atoms with van der Waals surface area (Å²) in [6, 6.07) is 17.2. The number of benzene rings is 2. The summed E-state index contributed by atoms with van der Waals surface area (Å²) in [7, 11) is 1.62. The van der Waals surface area contributed by atoms with Gasteiger partial charge in [-0.05, 0) is 50.2 Å². The van der Waals surface area contributed by atoms with E-state index in [1.165, 1.54) is 23.1 Å². The lowest BCUT2D eigenvalue weighted by molar-refractivity contribution is -0.115. The zero-order chi connectivity index (χ0) is 23.2. The highest BCUT2D eigenvalue weighted by Crippen LogP contribution is 2.30. The third kappa shape index (κ3) is 5.52. The third-order valence-electron chi connectivity index (χ3n) is 4.72. The Morgan fingerprint density at radius 1 is 1.06 bits per heavy atom. The summed E-state index contributed by atoms with van der Waals surface area (Å²) in [5.41, 5.74) is 0.887. The van der Waals surface area contributed by atoms with E-state index in [0.29, 0.717) is 21.9 Å². The number of carbonyl (C=O) groups is 1. The van der Waals surface area contributed by atoms with Crippen molar-refractivity contribution in [3.63, 3.8) is 0 Å². The van der Waals surface area contributed by atoms with Gasteiger partial charge in [0.25, 0.3) is 0 Å². The predicted molar refractivity (Wildman–Crippen MR) is 129 cm³/mol. The molecule has 2 atom stereocenters. The molecule has 0 aliphatic heterocycles. The maximum absolute atomic E-state index is 12.6. The molecule has 1 amide bonds. The molecule has 33 heavy (non-hydrogen) atoms. The normalized spacial score (nSPS) is 12.7. The van der Waals surface area contributed by atoms with Gasteiger partial charge in [-0.25, -0.2) is 4.98 Å². The van der Waals surface area contributed by atoms with Gasteiger partial charge < -0.3 is 14.8 Å². The van der Waals surface area contributed by atoms with Crippen molar-refractivity contribution in [2.24, 2.45) is 0 Å². The van der Waals surface area contributed by atoms with E-state index in [9.17, 15) is 4.79 Å². The fraction of sp³-hybridized carbons (Fsp3) is 0.217. The van der Waals surface area contributed by atoms with E-state index in [-0.39, 0.29) is 12.0 Å². The molecule has 0 bridgehead atoms. The summed E-state index contributed by atoms with van der Waals surface area (Å²) in [5, 5.41) is 14.2. The summed E-state index contributed by atoms with van der Waals surface area (Å²) in [4.78, 5) is 16.7. The maximum Gasteiger partial charge on any atom is 0.239 e. The van der Waals surface area contributed by atoms with Gasteiger partial charge in [0.2, 0.25) is 5.91 Å². The minimum absolute atomic E-state index is 0.151. The molecule has 2 aromatic heterocycles. The molecule has 0 saturated carbocycles. The van der Waals surface area contributed by atoms with Crippen molar-refractivity contribution >= 4 is 34.1 Å². The van der Waals surface area contributed by atoms with Gasteiger partial charge >= 0.3 is 0 Å². The number of hydrogen-bond donors (Lipinski definition) is 1. The van der Waals surface area contributed by atoms with Crippen molar-refractivity contribution in [3.8, 4) is 17.2 Å². The molecule has 1 N–H and O–H groups in total. The molecule has 2 unspecified atom stereocenters. The number of thioether (sulfide) groups is 1. The third-order valence-corrected chi connectivity index (χ3v) is 6.45. The summed E-state index contributed by atoms with van der Waals surface area (Å²) in [5.74, 6) is 1.93. The number of anilines is 1. The maximum atomic E-state index is 12.6. The van der Waals surface area contributed by atoms with Crippen LogP contribution in [0.3, 0.4) is 0 Å². The van der Waals surface area contributed by atoms with Gasteiger partial charge in [0.05, 0.1) is 12.4 Å². The molecule has 0 fully saturated rings. The lowest BCUT2D eigenvalue weighted by atomic mass is 10.3. The van der Waals surface area contributed by atoms with Gasteiger partial charge in [0, 0.05) is 17.3 Å². The van der Waals surface area contributed by atoms with Crippen molar-refractivity contribution in [2.45, 2.75) is 30.4 Å². The lowest BCUT2D eigenvalue weighted by Gasteiger charge is -2.17. The number of thiazole rings is 1. The van der Waals surface area contributed by atoms with E-state index in [2.05, 4.69) is 20.5 Å². The van der Waals surface area contributed by atoms with Crippen LogP contribution in [-0.2, 0) is 4.79 Å². The van der Waals surface area contributed by atoms with Crippen molar-refractivity contribution in [3.05, 3.63) is 72.0 Å². The highest BCUT2D eigenvalue weighted by atomic mass is 32.2. The first-order valence-corrected chi connectivity index (χ1v) is 12.0. The van der Waals surface area contributed by atoms with E-state index >= 15 is 0 Å². The number of ether oxygens (including phenoxy) is 2. The molecule has 4 aromatic rings. The first kappa shape index (κ1) is 22.8. The minimum Gasteiger partial charge on any atom is -0.497 e. The number of nitrogens with zero attached hydrogens (tertiary/aromatic N) is 4. The molecule has 8 nitrogen and oxygen atoms in total. The van der Waals surface area contributed by atoms with Crippen LogP contribution < -0.4 is 14.8 Å². The Kier molecular flexibility index (Phi) is 7.26. The standard InChI is InChI=1S/C23H23N5O3S2/c1-15(31-19-11-9-18(30-3)10-12-19)20-26-27-23(28(20)17-7-5-4-6-8-17)33-16(2)21(29)25-22-24-13-14-32-22/h4-16H,1-3H3,(H,24,25,29). The van der Waals surface area contributed by atoms with E-state index < -0.39 is 5.25 Å². The van der Waals surface area contributed by atoms with Crippen LogP contribution in [0.5, 0.6) is 11.5 Å². The second-order valence-electron chi connectivity index (χ2n) is 7.03. The number of rotatable bonds is 9. The minimum atomic E-state index is -0.411. The molecular weight excluding hydrogens is 458 g/mol. The molecule has 4 rings (SSSR count). The number of amides is 1. The predicted octanol–water partition coefficient (Wildman–Crippen LogP) is 4.99. The second-order valence-corrected chi connectivity index (χ2v) is 9.24. The van der Waals surface area contributed by atoms with Crippen LogP contribution in [0.2, 0.25) is 0 Å². The monoisotopic (exact) mass is 481 g/mol. The number of carbonyl (C=O) groups excluding carboxylic acids is 1. The zero-order valence-electron chi connectivity index (χ0n) is 18.3. The van der Waals surface area contributed by atoms with E-state index in [0.717, 1.165) is 11.4 Å². The zero-order valence-corrected chi connectivity index (χ0v) is 20.0. The molecule has 10 heteroatoms. The Hall–Kier alpha value is -3.37. The van der Waals surface area contributed by atoms with Gasteiger partial charge in [-0.2, -0.15) is 0 Å². The highest BCUT2D eigenvalue weighted by Gasteiger charge is 2.24. The number of para-hydroxylation sites is 1. The quantitative estimate of drug-likeness (QED) is 0.337. The lowest BCUT2D eigenvalue weighted by Crippen LogP contribution is -2.23. The Labute approximate surface area is 200 Å². The summed E-state index contributed by atoms with van der Waals surface area (Å²) in [6.45, 7) is 3.75. The molecule has 170 valence electrons. The smallest absolute Gasteiger partial charge is 0.239 e. The van der Waals surface area contributed by atoms with Crippen molar-refractivity contribution < 1.29 is 14.3 Å². The van der Waals surface area contributed by atoms with Crippen molar-refractivity contribution in [1.82, 2.24) is 19.7 Å². The van der Waals surface area contributed by atoms with Crippen LogP contribution >= 0.6 is 23.1 Å². The fourth-order valence-corrected chi connectivity index (χ4v) is 4.46. The average molecular weight is 482 g/mol. The number of hydrogen-bond acceptors (Lipinski definition) is 8. The van der Waals surface area contributed by atoms with Crippen LogP contribution in [0, 0.1) is 0 Å². The van der Waals surface area contributed by atoms with E-state index in [4.69, 9.17) is 9.47 Å². The van der Waals surface area contributed by atoms with Gasteiger partial charge in [-0.1, -0.05) is 30.0 Å². The van der Waals surface area contributed by atoms with Gasteiger partial charge in [0.15, 0.2) is 22.2 Å². The van der Waals surface area contributed by atoms with Crippen LogP contribution in [0.4, 0.5) is 5.13 Å². The van der Waals surface area contributed by atoms with Gasteiger partial charge in [-0.3, -0.25) is 9.36 Å². The molecule has 2 heterocycles. The molecule has 0 spiro atoms. The Morgan fingerprint density at radius 2 is 1.79 bits per heavy atom. The van der Waals surface area contributed by atoms with Crippen LogP contribution in [0.25, 0.3) is 5.69 Å². The first-order chi connectivity index (χ1) is 16.0. The largest absolute Gasteiger partial charge is 0.497 e. The molecular formula is C23H23N5O3S2.